The quantitative estimate of drug-likeness (QED) is 0.0155. The van der Waals surface area contributed by atoms with Gasteiger partial charge in [-0.2, -0.15) is 0 Å². The van der Waals surface area contributed by atoms with Crippen LogP contribution >= 0.6 is 0 Å². The third-order valence-electron chi connectivity index (χ3n) is 12.5. The second-order valence-corrected chi connectivity index (χ2v) is 23.4. The molecule has 0 saturated carbocycles. The van der Waals surface area contributed by atoms with Crippen LogP contribution in [0.4, 0.5) is 0 Å². The van der Waals surface area contributed by atoms with E-state index in [0.29, 0.717) is 63.4 Å². The maximum atomic E-state index is 12.3. The van der Waals surface area contributed by atoms with Crippen LogP contribution in [0.3, 0.4) is 0 Å². The number of rotatable bonds is 40. The zero-order valence-corrected chi connectivity index (χ0v) is 67.0. The summed E-state index contributed by atoms with van der Waals surface area (Å²) in [5.41, 5.74) is 26.5. The molecule has 0 aromatic carbocycles. The van der Waals surface area contributed by atoms with E-state index >= 15 is 0 Å². The first-order chi connectivity index (χ1) is 45.1. The van der Waals surface area contributed by atoms with Crippen molar-refractivity contribution in [2.75, 3.05) is 78.7 Å². The van der Waals surface area contributed by atoms with E-state index in [-0.39, 0.29) is 47.4 Å². The molecule has 0 fully saturated rings. The number of hydrogen-bond donors (Lipinski definition) is 10. The first kappa shape index (κ1) is 118. The fourth-order valence-electron chi connectivity index (χ4n) is 6.02. The third kappa shape index (κ3) is 146. The van der Waals surface area contributed by atoms with Crippen LogP contribution in [-0.2, 0) is 43.0 Å². The summed E-state index contributed by atoms with van der Waals surface area (Å²) >= 11 is 0. The van der Waals surface area contributed by atoms with Crippen LogP contribution in [0, 0.1) is 11.3 Å². The highest BCUT2D eigenvalue weighted by Gasteiger charge is 2.35. The number of nitrogens with one attached hydrogen (secondary N) is 5. The average Bonchev–Trinajstić information content (AvgIpc) is 1.03. The molecule has 5 amide bonds. The van der Waals surface area contributed by atoms with Gasteiger partial charge in [-0.15, -0.1) is 0 Å². The minimum Gasteiger partial charge on any atom is -0.465 e. The summed E-state index contributed by atoms with van der Waals surface area (Å²) in [4.78, 5) is 76.3. The Morgan fingerprint density at radius 2 is 0.621 bits per heavy atom. The van der Waals surface area contributed by atoms with Gasteiger partial charge in [0.15, 0.2) is 0 Å². The largest absolute Gasteiger partial charge is 0.465 e. The summed E-state index contributed by atoms with van der Waals surface area (Å²) in [7, 11) is 0. The molecule has 19 nitrogen and oxygen atoms in total. The Kier molecular flexibility index (Phi) is 138. The Morgan fingerprint density at radius 1 is 0.358 bits per heavy atom. The molecule has 0 spiro atoms. The number of carbonyl (C=O) groups is 7. The molecule has 576 valence electrons. The molecule has 19 heteroatoms. The smallest absolute Gasteiger partial charge is 0.333 e. The van der Waals surface area contributed by atoms with E-state index in [0.717, 1.165) is 116 Å². The van der Waals surface area contributed by atoms with Crippen molar-refractivity contribution in [3.05, 3.63) is 24.3 Å². The van der Waals surface area contributed by atoms with Crippen molar-refractivity contribution in [1.29, 1.82) is 0 Å². The van der Waals surface area contributed by atoms with Gasteiger partial charge in [0.1, 0.15) is 0 Å². The van der Waals surface area contributed by atoms with Gasteiger partial charge in [0.2, 0.25) is 29.5 Å². The summed E-state index contributed by atoms with van der Waals surface area (Å²) in [5.74, 6) is -0.658. The van der Waals surface area contributed by atoms with E-state index in [4.69, 9.17) is 38.1 Å². The molecule has 0 aromatic heterocycles. The van der Waals surface area contributed by atoms with Crippen LogP contribution in [-0.4, -0.2) is 120 Å². The van der Waals surface area contributed by atoms with Gasteiger partial charge in [-0.25, -0.2) is 4.79 Å². The molecule has 0 aliphatic carbocycles. The van der Waals surface area contributed by atoms with Gasteiger partial charge in [-0.05, 0) is 124 Å². The number of esters is 2. The molecule has 0 aliphatic heterocycles. The van der Waals surface area contributed by atoms with E-state index < -0.39 is 5.41 Å². The summed E-state index contributed by atoms with van der Waals surface area (Å²) < 4.78 is 10.0. The Morgan fingerprint density at radius 3 is 0.832 bits per heavy atom. The van der Waals surface area contributed by atoms with Crippen molar-refractivity contribution in [1.82, 2.24) is 26.6 Å². The fraction of sp³-hybridized carbons (Fsp3) is 0.855. The lowest BCUT2D eigenvalue weighted by molar-refractivity contribution is -0.150. The molecule has 0 bridgehead atoms. The minimum atomic E-state index is -0.544. The second kappa shape index (κ2) is 111. The van der Waals surface area contributed by atoms with Crippen LogP contribution < -0.4 is 55.3 Å². The van der Waals surface area contributed by atoms with Crippen molar-refractivity contribution >= 4 is 41.5 Å². The molecule has 0 rings (SSSR count). The van der Waals surface area contributed by atoms with E-state index in [1.807, 2.05) is 20.8 Å². The zero-order valence-electron chi connectivity index (χ0n) is 67.0. The summed E-state index contributed by atoms with van der Waals surface area (Å²) in [6.45, 7) is 59.0. The average molecular weight is 1370 g/mol. The van der Waals surface area contributed by atoms with Crippen molar-refractivity contribution < 1.29 is 43.0 Å². The molecule has 0 aromatic rings. The van der Waals surface area contributed by atoms with Crippen LogP contribution in [0.1, 0.15) is 339 Å². The van der Waals surface area contributed by atoms with Gasteiger partial charge < -0.3 is 64.7 Å². The van der Waals surface area contributed by atoms with E-state index in [1.165, 1.54) is 117 Å². The number of hydrogen-bond acceptors (Lipinski definition) is 14. The highest BCUT2D eigenvalue weighted by molar-refractivity contribution is 5.92. The third-order valence-corrected chi connectivity index (χ3v) is 12.5. The minimum absolute atomic E-state index is 0.00772. The van der Waals surface area contributed by atoms with Crippen molar-refractivity contribution in [2.45, 2.75) is 339 Å². The van der Waals surface area contributed by atoms with E-state index in [2.05, 4.69) is 137 Å². The molecule has 0 radical (unpaired) electrons. The molecule has 0 aliphatic rings. The van der Waals surface area contributed by atoms with Crippen molar-refractivity contribution in [2.24, 2.45) is 40.0 Å². The second-order valence-electron chi connectivity index (χ2n) is 23.4. The molecule has 0 heterocycles. The first-order valence-corrected chi connectivity index (χ1v) is 37.5. The van der Waals surface area contributed by atoms with Gasteiger partial charge in [0.25, 0.3) is 0 Å². The van der Waals surface area contributed by atoms with Gasteiger partial charge in [-0.3, -0.25) is 28.8 Å². The maximum absolute atomic E-state index is 12.3. The lowest BCUT2D eigenvalue weighted by atomic mass is 9.78. The summed E-state index contributed by atoms with van der Waals surface area (Å²) in [6, 6.07) is 0. The van der Waals surface area contributed by atoms with Gasteiger partial charge in [0, 0.05) is 70.1 Å². The summed E-state index contributed by atoms with van der Waals surface area (Å²) in [5, 5.41) is 13.7. The van der Waals surface area contributed by atoms with Gasteiger partial charge in [-0.1, -0.05) is 240 Å². The Bertz CT molecular complexity index is 1420. The number of unbranched alkanes of at least 4 members (excludes halogenated alkanes) is 14. The molecule has 95 heavy (non-hydrogen) atoms. The van der Waals surface area contributed by atoms with Crippen LogP contribution in [0.5, 0.6) is 0 Å². The summed E-state index contributed by atoms with van der Waals surface area (Å²) in [6.07, 6.45) is 32.7. The Hall–Kier alpha value is -4.43. The predicted octanol–water partition coefficient (Wildman–Crippen LogP) is 15.8. The zero-order chi connectivity index (χ0) is 76.2. The first-order valence-electron chi connectivity index (χ1n) is 37.5. The maximum Gasteiger partial charge on any atom is 0.333 e. The van der Waals surface area contributed by atoms with Crippen LogP contribution in [0.15, 0.2) is 24.3 Å². The lowest BCUT2D eigenvalue weighted by Crippen LogP contribution is -2.41. The standard InChI is InChI=1S/C16H32N2O3.C8H14O2.C7H14N2O.3C6H13NO.3C5H12.3C4H11N/c1-5-7-11-21-14(19)13(3)12-16(4,6-2)15(20)18-10-8-9-17;1-4-5-6-10-8(9)7(2)3;1-6(2)7(10)9-5-3-4-8;3*1-3-4-5-7-6(2)8;3*1-3-5-4-2;3*1-2-3-4-5/h13H,5-12,17H2,1-4H3,(H,18,20);2,4-6H2,1,3H3;1,3-5,8H2,2H3,(H,9,10);3*3-5H2,1-2H3,(H,7,8);3*3-5H2,1-2H3;3*2-5H2,1H3. The van der Waals surface area contributed by atoms with Crippen LogP contribution in [0.25, 0.3) is 0 Å². The SMILES string of the molecule is C=C(C)C(=O)NCCCN.C=C(C)C(=O)OCCCC.CCCCC.CCCCC.CCCCC.CCCCN.CCCCN.CCCCN.CCCCNC(C)=O.CCCCNC(C)=O.CCCCNC(C)=O.CCCCOC(=O)C(C)CC(C)(CC)C(=O)NCCCN. The van der Waals surface area contributed by atoms with Crippen molar-refractivity contribution in [3.63, 3.8) is 0 Å². The van der Waals surface area contributed by atoms with Crippen LogP contribution in [0.2, 0.25) is 0 Å². The van der Waals surface area contributed by atoms with E-state index in [9.17, 15) is 33.6 Å². The number of nitrogens with two attached hydrogens (primary N) is 5. The lowest BCUT2D eigenvalue weighted by Gasteiger charge is -2.29. The molecule has 15 N–H and O–H groups in total. The van der Waals surface area contributed by atoms with Gasteiger partial charge >= 0.3 is 11.9 Å². The highest BCUT2D eigenvalue weighted by atomic mass is 16.5. The topological polar surface area (TPSA) is 328 Å². The normalized spacial score (nSPS) is 10.1. The molecule has 2 atom stereocenters. The fourth-order valence-corrected chi connectivity index (χ4v) is 6.02. The number of ether oxygens (including phenoxy) is 2. The molecule has 2 unspecified atom stereocenters. The van der Waals surface area contributed by atoms with E-state index in [1.54, 1.807) is 13.8 Å². The van der Waals surface area contributed by atoms with Gasteiger partial charge in [0.05, 0.1) is 19.1 Å². The molecular weight excluding hydrogens is 1200 g/mol. The molecular formula is C76H168N10O9. The monoisotopic (exact) mass is 1370 g/mol. The van der Waals surface area contributed by atoms with Crippen molar-refractivity contribution in [3.8, 4) is 0 Å². The molecule has 0 saturated heterocycles. The highest BCUT2D eigenvalue weighted by Crippen LogP contribution is 2.30. The number of carbonyl (C=O) groups excluding carboxylic acids is 7. The number of amides is 5. The Balaban J connectivity index is -0.0000000822. The Labute approximate surface area is 590 Å². The predicted molar refractivity (Wildman–Crippen MR) is 415 cm³/mol.